The number of aryl methyl sites for hydroxylation is 2. The van der Waals surface area contributed by atoms with Crippen molar-refractivity contribution in [3.8, 4) is 5.69 Å². The van der Waals surface area contributed by atoms with Crippen molar-refractivity contribution in [3.05, 3.63) is 39.5 Å². The minimum atomic E-state index is -0.500. The normalized spacial score (nSPS) is 11.4. The average molecular weight is 297 g/mol. The number of hydrogen-bond acceptors (Lipinski definition) is 2. The summed E-state index contributed by atoms with van der Waals surface area (Å²) in [4.78, 5) is 3.05. The van der Waals surface area contributed by atoms with Crippen LogP contribution in [-0.2, 0) is 7.05 Å². The Hall–Kier alpha value is -1.66. The zero-order chi connectivity index (χ0) is 13.7. The first-order chi connectivity index (χ1) is 9.00. The second-order valence-corrected chi connectivity index (χ2v) is 5.04. The first-order valence-electron chi connectivity index (χ1n) is 5.59. The molecule has 1 N–H and O–H groups in total. The number of benzene rings is 1. The maximum absolute atomic E-state index is 14.2. The number of fused-ring (bicyclic) bond motifs is 1. The van der Waals surface area contributed by atoms with E-state index in [1.54, 1.807) is 28.4 Å². The second kappa shape index (κ2) is 4.18. The minimum Gasteiger partial charge on any atom is -0.327 e. The monoisotopic (exact) mass is 296 g/mol. The Bertz CT molecular complexity index is 845. The van der Waals surface area contributed by atoms with Crippen LogP contribution in [0.5, 0.6) is 0 Å². The van der Waals surface area contributed by atoms with Gasteiger partial charge in [0.1, 0.15) is 5.52 Å². The molecule has 0 unspecified atom stereocenters. The summed E-state index contributed by atoms with van der Waals surface area (Å²) in [7, 11) is 1.79. The fourth-order valence-electron chi connectivity index (χ4n) is 2.20. The molecule has 7 heteroatoms. The highest BCUT2D eigenvalue weighted by atomic mass is 35.5. The van der Waals surface area contributed by atoms with Crippen molar-refractivity contribution < 1.29 is 4.39 Å². The summed E-state index contributed by atoms with van der Waals surface area (Å²) >= 11 is 11.1. The van der Waals surface area contributed by atoms with E-state index in [-0.39, 0.29) is 5.02 Å². The van der Waals surface area contributed by atoms with Crippen molar-refractivity contribution in [2.75, 3.05) is 0 Å². The fraction of sp³-hybridized carbons (Fsp3) is 0.167. The van der Waals surface area contributed by atoms with Gasteiger partial charge in [0.25, 0.3) is 0 Å². The van der Waals surface area contributed by atoms with Crippen molar-refractivity contribution in [2.24, 2.45) is 7.05 Å². The largest absolute Gasteiger partial charge is 0.327 e. The summed E-state index contributed by atoms with van der Waals surface area (Å²) in [5.41, 5.74) is 2.63. The van der Waals surface area contributed by atoms with E-state index in [1.807, 2.05) is 6.92 Å². The molecule has 0 amide bonds. The number of nitrogens with one attached hydrogen (secondary N) is 1. The van der Waals surface area contributed by atoms with E-state index < -0.39 is 5.82 Å². The van der Waals surface area contributed by atoms with Crippen LogP contribution in [0.1, 0.15) is 5.69 Å². The lowest BCUT2D eigenvalue weighted by Crippen LogP contribution is -2.03. The van der Waals surface area contributed by atoms with E-state index in [2.05, 4.69) is 10.1 Å². The predicted molar refractivity (Wildman–Crippen MR) is 74.9 cm³/mol. The quantitative estimate of drug-likeness (QED) is 0.698. The molecule has 2 heterocycles. The van der Waals surface area contributed by atoms with Crippen molar-refractivity contribution in [1.82, 2.24) is 19.3 Å². The number of rotatable bonds is 1. The highest BCUT2D eigenvalue weighted by Crippen LogP contribution is 2.26. The van der Waals surface area contributed by atoms with E-state index in [9.17, 15) is 4.39 Å². The van der Waals surface area contributed by atoms with Gasteiger partial charge in [0, 0.05) is 7.05 Å². The highest BCUT2D eigenvalue weighted by Gasteiger charge is 2.17. The molecule has 0 saturated heterocycles. The zero-order valence-corrected chi connectivity index (χ0v) is 11.8. The van der Waals surface area contributed by atoms with E-state index in [1.165, 1.54) is 6.07 Å². The van der Waals surface area contributed by atoms with Crippen LogP contribution in [-0.4, -0.2) is 19.3 Å². The first kappa shape index (κ1) is 12.4. The van der Waals surface area contributed by atoms with E-state index in [4.69, 9.17) is 23.8 Å². The summed E-state index contributed by atoms with van der Waals surface area (Å²) in [6.45, 7) is 1.87. The lowest BCUT2D eigenvalue weighted by molar-refractivity contribution is 0.617. The molecule has 0 fully saturated rings. The molecular formula is C12H10ClFN4S. The smallest absolute Gasteiger partial charge is 0.184 e. The van der Waals surface area contributed by atoms with Crippen molar-refractivity contribution in [1.29, 1.82) is 0 Å². The third-order valence-corrected chi connectivity index (χ3v) is 3.59. The van der Waals surface area contributed by atoms with Crippen molar-refractivity contribution in [2.45, 2.75) is 6.92 Å². The van der Waals surface area contributed by atoms with Gasteiger partial charge in [0.15, 0.2) is 16.2 Å². The maximum Gasteiger partial charge on any atom is 0.184 e. The Labute approximate surface area is 118 Å². The number of imidazole rings is 1. The number of aromatic nitrogens is 4. The summed E-state index contributed by atoms with van der Waals surface area (Å²) in [6.07, 6.45) is 0. The molecule has 0 aliphatic rings. The summed E-state index contributed by atoms with van der Waals surface area (Å²) in [5, 5.41) is 4.36. The van der Waals surface area contributed by atoms with E-state index in [0.717, 1.165) is 11.2 Å². The molecule has 0 bridgehead atoms. The van der Waals surface area contributed by atoms with Gasteiger partial charge in [-0.2, -0.15) is 5.10 Å². The molecule has 4 nitrogen and oxygen atoms in total. The number of aromatic amines is 1. The molecular weight excluding hydrogens is 287 g/mol. The summed E-state index contributed by atoms with van der Waals surface area (Å²) in [6, 6.07) is 4.82. The third kappa shape index (κ3) is 1.71. The Balaban J connectivity index is 2.46. The molecule has 3 aromatic rings. The van der Waals surface area contributed by atoms with Crippen LogP contribution in [0.3, 0.4) is 0 Å². The van der Waals surface area contributed by atoms with Crippen LogP contribution in [0, 0.1) is 17.5 Å². The Morgan fingerprint density at radius 3 is 2.89 bits per heavy atom. The third-order valence-electron chi connectivity index (χ3n) is 3.01. The lowest BCUT2D eigenvalue weighted by atomic mass is 10.3. The molecule has 0 saturated carbocycles. The maximum atomic E-state index is 14.2. The van der Waals surface area contributed by atoms with Crippen LogP contribution >= 0.6 is 23.8 Å². The van der Waals surface area contributed by atoms with Crippen LogP contribution in [0.4, 0.5) is 4.39 Å². The van der Waals surface area contributed by atoms with Crippen LogP contribution in [0.15, 0.2) is 18.2 Å². The van der Waals surface area contributed by atoms with Gasteiger partial charge in [-0.1, -0.05) is 17.7 Å². The molecule has 0 atom stereocenters. The highest BCUT2D eigenvalue weighted by molar-refractivity contribution is 7.71. The van der Waals surface area contributed by atoms with E-state index in [0.29, 0.717) is 16.1 Å². The van der Waals surface area contributed by atoms with Gasteiger partial charge in [-0.3, -0.25) is 4.57 Å². The number of hydrogen-bond donors (Lipinski definition) is 1. The SMILES string of the molecule is Cc1nn(C)c2c1[nH]c(=S)n2-c1cccc(Cl)c1F. The van der Waals surface area contributed by atoms with Crippen molar-refractivity contribution >= 4 is 35.0 Å². The van der Waals surface area contributed by atoms with Crippen LogP contribution in [0.2, 0.25) is 5.02 Å². The predicted octanol–water partition coefficient (Wildman–Crippen LogP) is 3.52. The summed E-state index contributed by atoms with van der Waals surface area (Å²) in [5.74, 6) is -0.500. The summed E-state index contributed by atoms with van der Waals surface area (Å²) < 4.78 is 17.8. The molecule has 0 spiro atoms. The topological polar surface area (TPSA) is 38.5 Å². The van der Waals surface area contributed by atoms with Gasteiger partial charge in [-0.05, 0) is 31.3 Å². The zero-order valence-electron chi connectivity index (χ0n) is 10.2. The van der Waals surface area contributed by atoms with Gasteiger partial charge < -0.3 is 4.98 Å². The molecule has 1 aromatic carbocycles. The fourth-order valence-corrected chi connectivity index (χ4v) is 2.65. The molecule has 3 rings (SSSR count). The van der Waals surface area contributed by atoms with Crippen molar-refractivity contribution in [3.63, 3.8) is 0 Å². The Kier molecular flexibility index (Phi) is 2.72. The second-order valence-electron chi connectivity index (χ2n) is 4.25. The van der Waals surface area contributed by atoms with Gasteiger partial charge >= 0.3 is 0 Å². The molecule has 19 heavy (non-hydrogen) atoms. The van der Waals surface area contributed by atoms with Gasteiger partial charge in [-0.15, -0.1) is 0 Å². The molecule has 0 aliphatic heterocycles. The van der Waals surface area contributed by atoms with Crippen LogP contribution < -0.4 is 0 Å². The number of H-pyrrole nitrogens is 1. The minimum absolute atomic E-state index is 0.0626. The average Bonchev–Trinajstić information content (AvgIpc) is 2.82. The molecule has 98 valence electrons. The van der Waals surface area contributed by atoms with Gasteiger partial charge in [0.05, 0.1) is 16.4 Å². The van der Waals surface area contributed by atoms with Gasteiger partial charge in [-0.25, -0.2) is 9.07 Å². The number of halogens is 2. The standard InChI is InChI=1S/C12H10ClFN4S/c1-6-10-11(17(2)16-6)18(12(19)15-10)8-5-3-4-7(13)9(8)14/h3-5H,1-2H3,(H,15,19). The Morgan fingerprint density at radius 1 is 1.42 bits per heavy atom. The van der Waals surface area contributed by atoms with E-state index >= 15 is 0 Å². The Morgan fingerprint density at radius 2 is 2.16 bits per heavy atom. The lowest BCUT2D eigenvalue weighted by Gasteiger charge is -2.07. The molecule has 0 aliphatic carbocycles. The van der Waals surface area contributed by atoms with Gasteiger partial charge in [0.2, 0.25) is 0 Å². The molecule has 0 radical (unpaired) electrons. The first-order valence-corrected chi connectivity index (χ1v) is 6.38. The van der Waals surface area contributed by atoms with Crippen LogP contribution in [0.25, 0.3) is 16.9 Å². The number of nitrogens with zero attached hydrogens (tertiary/aromatic N) is 3. The molecule has 2 aromatic heterocycles.